The minimum atomic E-state index is -4.42. The summed E-state index contributed by atoms with van der Waals surface area (Å²) in [6.45, 7) is 0.291. The maximum absolute atomic E-state index is 11.7. The Hall–Kier alpha value is -0.950. The Morgan fingerprint density at radius 3 is 2.57 bits per heavy atom. The van der Waals surface area contributed by atoms with Crippen LogP contribution in [0.15, 0.2) is 18.3 Å². The van der Waals surface area contributed by atoms with E-state index in [9.17, 15) is 13.2 Å². The van der Waals surface area contributed by atoms with E-state index in [1.165, 1.54) is 12.3 Å². The molecule has 0 unspecified atom stereocenters. The first-order valence-electron chi connectivity index (χ1n) is 3.58. The molecule has 78 valence electrons. The number of hydrogen-bond acceptors (Lipinski definition) is 4. The van der Waals surface area contributed by atoms with Crippen molar-refractivity contribution >= 4 is 12.0 Å². The topological polar surface area (TPSA) is 48.1 Å². The molecule has 0 fully saturated rings. The normalized spacial score (nSPS) is 11.4. The summed E-state index contributed by atoms with van der Waals surface area (Å²) in [5.74, 6) is -0.0930. The number of nitrogens with zero attached hydrogens (tertiary/aromatic N) is 1. The van der Waals surface area contributed by atoms with E-state index in [0.717, 1.165) is 5.56 Å². The second-order valence-electron chi connectivity index (χ2n) is 2.32. The predicted octanol–water partition coefficient (Wildman–Crippen LogP) is 2.09. The average Bonchev–Trinajstić information content (AvgIpc) is 2.14. The molecule has 14 heavy (non-hydrogen) atoms. The van der Waals surface area contributed by atoms with E-state index in [2.05, 4.69) is 9.17 Å². The van der Waals surface area contributed by atoms with Crippen LogP contribution in [0.5, 0.6) is 5.88 Å². The van der Waals surface area contributed by atoms with Crippen LogP contribution in [0.1, 0.15) is 5.56 Å². The molecule has 0 radical (unpaired) electrons. The molecule has 1 aromatic heterocycles. The van der Waals surface area contributed by atoms with Gasteiger partial charge in [-0.2, -0.15) is 13.2 Å². The third-order valence-corrected chi connectivity index (χ3v) is 1.70. The fourth-order valence-electron chi connectivity index (χ4n) is 0.671. The molecular formula is C7H7F3N2OS. The zero-order valence-corrected chi connectivity index (χ0v) is 7.73. The first-order chi connectivity index (χ1) is 6.51. The third-order valence-electron chi connectivity index (χ3n) is 1.25. The number of halogens is 3. The van der Waals surface area contributed by atoms with Crippen LogP contribution in [-0.4, -0.2) is 10.5 Å². The van der Waals surface area contributed by atoms with Gasteiger partial charge >= 0.3 is 5.51 Å². The van der Waals surface area contributed by atoms with Crippen molar-refractivity contribution in [2.45, 2.75) is 12.1 Å². The van der Waals surface area contributed by atoms with Gasteiger partial charge in [0.25, 0.3) is 0 Å². The molecule has 1 rings (SSSR count). The summed E-state index contributed by atoms with van der Waals surface area (Å²) in [7, 11) is 0. The van der Waals surface area contributed by atoms with Crippen molar-refractivity contribution in [1.29, 1.82) is 0 Å². The highest BCUT2D eigenvalue weighted by Gasteiger charge is 2.31. The summed E-state index contributed by atoms with van der Waals surface area (Å²) in [6.07, 6.45) is 1.37. The van der Waals surface area contributed by atoms with E-state index in [0.29, 0.717) is 6.54 Å². The number of alkyl halides is 3. The molecule has 0 aliphatic heterocycles. The lowest BCUT2D eigenvalue weighted by Gasteiger charge is -2.05. The largest absolute Gasteiger partial charge is 0.479 e. The lowest BCUT2D eigenvalue weighted by Crippen LogP contribution is -2.03. The van der Waals surface area contributed by atoms with Crippen LogP contribution in [0.3, 0.4) is 0 Å². The van der Waals surface area contributed by atoms with Crippen molar-refractivity contribution in [3.05, 3.63) is 23.9 Å². The standard InChI is InChI=1S/C7H7F3N2OS/c8-7(9,10)14-13-6-2-1-5(3-11)4-12-6/h1-2,4H,3,11H2. The molecular weight excluding hydrogens is 217 g/mol. The number of pyridine rings is 1. The van der Waals surface area contributed by atoms with Crippen LogP contribution in [0, 0.1) is 0 Å². The molecule has 1 heterocycles. The highest BCUT2D eigenvalue weighted by atomic mass is 32.2. The van der Waals surface area contributed by atoms with Crippen LogP contribution < -0.4 is 9.92 Å². The van der Waals surface area contributed by atoms with Gasteiger partial charge in [-0.25, -0.2) is 4.98 Å². The van der Waals surface area contributed by atoms with E-state index in [1.54, 1.807) is 6.07 Å². The number of rotatable bonds is 3. The molecule has 0 amide bonds. The van der Waals surface area contributed by atoms with Gasteiger partial charge in [-0.15, -0.1) is 0 Å². The van der Waals surface area contributed by atoms with Crippen LogP contribution in [-0.2, 0) is 6.54 Å². The Kier molecular flexibility index (Phi) is 3.59. The molecule has 0 atom stereocenters. The van der Waals surface area contributed by atoms with E-state index in [-0.39, 0.29) is 5.88 Å². The first kappa shape index (κ1) is 11.1. The molecule has 0 aliphatic rings. The monoisotopic (exact) mass is 224 g/mol. The minimum absolute atomic E-state index is 0.0930. The van der Waals surface area contributed by atoms with Crippen molar-refractivity contribution in [3.8, 4) is 5.88 Å². The van der Waals surface area contributed by atoms with E-state index in [1.807, 2.05) is 0 Å². The van der Waals surface area contributed by atoms with Gasteiger partial charge in [-0.05, 0) is 5.56 Å². The van der Waals surface area contributed by atoms with Crippen molar-refractivity contribution in [3.63, 3.8) is 0 Å². The van der Waals surface area contributed by atoms with E-state index >= 15 is 0 Å². The van der Waals surface area contributed by atoms with Gasteiger partial charge in [0.05, 0.1) is 0 Å². The molecule has 0 saturated carbocycles. The Balaban J connectivity index is 2.52. The molecule has 0 aliphatic carbocycles. The van der Waals surface area contributed by atoms with Crippen molar-refractivity contribution in [2.24, 2.45) is 5.73 Å². The van der Waals surface area contributed by atoms with Gasteiger partial charge in [-0.3, -0.25) is 0 Å². The van der Waals surface area contributed by atoms with Crippen molar-refractivity contribution < 1.29 is 17.4 Å². The Labute approximate surface area is 82.7 Å². The molecule has 2 N–H and O–H groups in total. The summed E-state index contributed by atoms with van der Waals surface area (Å²) in [5, 5.41) is 0. The maximum atomic E-state index is 11.7. The molecule has 7 heteroatoms. The molecule has 0 spiro atoms. The summed E-state index contributed by atoms with van der Waals surface area (Å²) < 4.78 is 39.3. The molecule has 1 aromatic rings. The summed E-state index contributed by atoms with van der Waals surface area (Å²) >= 11 is -0.594. The van der Waals surface area contributed by atoms with E-state index in [4.69, 9.17) is 5.73 Å². The highest BCUT2D eigenvalue weighted by Crippen LogP contribution is 2.31. The van der Waals surface area contributed by atoms with E-state index < -0.39 is 17.6 Å². The SMILES string of the molecule is NCc1ccc(OSC(F)(F)F)nc1. The Bertz CT molecular complexity index is 288. The molecule has 3 nitrogen and oxygen atoms in total. The molecule has 0 saturated heterocycles. The zero-order chi connectivity index (χ0) is 10.6. The summed E-state index contributed by atoms with van der Waals surface area (Å²) in [5.41, 5.74) is 1.59. The maximum Gasteiger partial charge on any atom is 0.479 e. The minimum Gasteiger partial charge on any atom is -0.397 e. The smallest absolute Gasteiger partial charge is 0.397 e. The second-order valence-corrected chi connectivity index (χ2v) is 3.12. The zero-order valence-electron chi connectivity index (χ0n) is 6.91. The van der Waals surface area contributed by atoms with Crippen LogP contribution in [0.4, 0.5) is 13.2 Å². The molecule has 0 bridgehead atoms. The lowest BCUT2D eigenvalue weighted by atomic mass is 10.3. The van der Waals surface area contributed by atoms with Gasteiger partial charge < -0.3 is 9.92 Å². The fraction of sp³-hybridized carbons (Fsp3) is 0.286. The second kappa shape index (κ2) is 4.52. The third kappa shape index (κ3) is 3.84. The quantitative estimate of drug-likeness (QED) is 0.798. The first-order valence-corrected chi connectivity index (χ1v) is 4.33. The Morgan fingerprint density at radius 2 is 2.14 bits per heavy atom. The van der Waals surface area contributed by atoms with Gasteiger partial charge in [0.2, 0.25) is 5.88 Å². The van der Waals surface area contributed by atoms with Gasteiger partial charge in [0.15, 0.2) is 12.0 Å². The number of nitrogens with two attached hydrogens (primary N) is 1. The number of aromatic nitrogens is 1. The van der Waals surface area contributed by atoms with Crippen LogP contribution in [0.25, 0.3) is 0 Å². The fourth-order valence-corrected chi connectivity index (χ4v) is 0.949. The van der Waals surface area contributed by atoms with Gasteiger partial charge in [0, 0.05) is 18.8 Å². The Morgan fingerprint density at radius 1 is 1.43 bits per heavy atom. The van der Waals surface area contributed by atoms with Crippen molar-refractivity contribution in [2.75, 3.05) is 0 Å². The average molecular weight is 224 g/mol. The van der Waals surface area contributed by atoms with Crippen LogP contribution in [0.2, 0.25) is 0 Å². The molecule has 0 aromatic carbocycles. The van der Waals surface area contributed by atoms with Gasteiger partial charge in [-0.1, -0.05) is 6.07 Å². The highest BCUT2D eigenvalue weighted by molar-refractivity contribution is 7.95. The predicted molar refractivity (Wildman–Crippen MR) is 46.4 cm³/mol. The summed E-state index contributed by atoms with van der Waals surface area (Å²) in [6, 6.07) is 2.89. The van der Waals surface area contributed by atoms with Crippen LogP contribution >= 0.6 is 12.0 Å². The van der Waals surface area contributed by atoms with Gasteiger partial charge in [0.1, 0.15) is 0 Å². The number of hydrogen-bond donors (Lipinski definition) is 1. The van der Waals surface area contributed by atoms with Crippen molar-refractivity contribution in [1.82, 2.24) is 4.98 Å². The summed E-state index contributed by atoms with van der Waals surface area (Å²) in [4.78, 5) is 3.63. The lowest BCUT2D eigenvalue weighted by molar-refractivity contribution is -0.0370.